The summed E-state index contributed by atoms with van der Waals surface area (Å²) >= 11 is 6.78. The lowest BCUT2D eigenvalue weighted by atomic mass is 9.90. The van der Waals surface area contributed by atoms with E-state index in [0.29, 0.717) is 17.0 Å². The molecule has 0 unspecified atom stereocenters. The Kier molecular flexibility index (Phi) is 6.97. The first-order valence-electron chi connectivity index (χ1n) is 9.56. The molecular formula is C23H23N3O2S2. The second kappa shape index (κ2) is 9.65. The van der Waals surface area contributed by atoms with Crippen LogP contribution in [-0.2, 0) is 11.2 Å². The summed E-state index contributed by atoms with van der Waals surface area (Å²) in [5, 5.41) is 6.45. The van der Waals surface area contributed by atoms with E-state index in [-0.39, 0.29) is 11.0 Å². The molecule has 3 rings (SSSR count). The maximum atomic E-state index is 13.2. The molecule has 0 atom stereocenters. The number of thiocarbonyl (C=S) groups is 1. The lowest BCUT2D eigenvalue weighted by Gasteiger charge is -2.18. The van der Waals surface area contributed by atoms with Crippen molar-refractivity contribution in [3.05, 3.63) is 87.8 Å². The third-order valence-electron chi connectivity index (χ3n) is 4.80. The number of carbonyl (C=O) groups is 2. The molecule has 2 amide bonds. The number of nitrogens with one attached hydrogen (secondary N) is 2. The third kappa shape index (κ3) is 4.75. The molecule has 0 aliphatic rings. The fourth-order valence-corrected chi connectivity index (χ4v) is 4.88. The van der Waals surface area contributed by atoms with Crippen molar-refractivity contribution in [1.29, 1.82) is 0 Å². The quantitative estimate of drug-likeness (QED) is 0.500. The minimum Gasteiger partial charge on any atom is -0.365 e. The average molecular weight is 438 g/mol. The van der Waals surface area contributed by atoms with E-state index in [2.05, 4.69) is 10.6 Å². The third-order valence-corrected chi connectivity index (χ3v) is 6.07. The monoisotopic (exact) mass is 437 g/mol. The summed E-state index contributed by atoms with van der Waals surface area (Å²) in [6.45, 7) is 3.90. The van der Waals surface area contributed by atoms with Gasteiger partial charge in [-0.2, -0.15) is 0 Å². The first-order valence-corrected chi connectivity index (χ1v) is 10.8. The molecule has 4 N–H and O–H groups in total. The molecule has 1 aromatic heterocycles. The minimum absolute atomic E-state index is 0.128. The Morgan fingerprint density at radius 1 is 1.03 bits per heavy atom. The molecule has 7 heteroatoms. The summed E-state index contributed by atoms with van der Waals surface area (Å²) in [4.78, 5) is 26.1. The molecule has 3 aromatic rings. The van der Waals surface area contributed by atoms with E-state index in [0.717, 1.165) is 21.6 Å². The lowest BCUT2D eigenvalue weighted by Crippen LogP contribution is -2.38. The summed E-state index contributed by atoms with van der Waals surface area (Å²) in [5.41, 5.74) is 8.63. The first-order chi connectivity index (χ1) is 14.4. The summed E-state index contributed by atoms with van der Waals surface area (Å²) in [5.74, 6) is -1.28. The molecule has 0 radical (unpaired) electrons. The Balaban J connectivity index is 1.84. The number of amides is 2. The van der Waals surface area contributed by atoms with Gasteiger partial charge in [0, 0.05) is 4.88 Å². The van der Waals surface area contributed by atoms with Crippen molar-refractivity contribution in [1.82, 2.24) is 5.32 Å². The van der Waals surface area contributed by atoms with E-state index in [1.54, 1.807) is 0 Å². The summed E-state index contributed by atoms with van der Waals surface area (Å²) in [7, 11) is 0. The van der Waals surface area contributed by atoms with Crippen LogP contribution in [0.3, 0.4) is 0 Å². The number of anilines is 1. The number of nitrogens with two attached hydrogens (primary N) is 1. The molecule has 0 aliphatic carbocycles. The van der Waals surface area contributed by atoms with Crippen molar-refractivity contribution in [2.45, 2.75) is 26.2 Å². The van der Waals surface area contributed by atoms with Gasteiger partial charge in [0.25, 0.3) is 5.91 Å². The van der Waals surface area contributed by atoms with Crippen molar-refractivity contribution in [3.8, 4) is 0 Å². The topological polar surface area (TPSA) is 84.2 Å². The van der Waals surface area contributed by atoms with Crippen LogP contribution in [0.4, 0.5) is 5.00 Å². The molecule has 154 valence electrons. The second-order valence-corrected chi connectivity index (χ2v) is 8.39. The van der Waals surface area contributed by atoms with Gasteiger partial charge in [-0.25, -0.2) is 0 Å². The van der Waals surface area contributed by atoms with E-state index >= 15 is 0 Å². The van der Waals surface area contributed by atoms with E-state index in [9.17, 15) is 9.59 Å². The number of hydrogen-bond acceptors (Lipinski definition) is 4. The van der Waals surface area contributed by atoms with Crippen LogP contribution >= 0.6 is 23.6 Å². The predicted molar refractivity (Wildman–Crippen MR) is 126 cm³/mol. The molecule has 0 saturated carbocycles. The van der Waals surface area contributed by atoms with Crippen LogP contribution in [0.25, 0.3) is 0 Å². The highest BCUT2D eigenvalue weighted by molar-refractivity contribution is 7.80. The van der Waals surface area contributed by atoms with Gasteiger partial charge in [-0.05, 0) is 42.3 Å². The highest BCUT2D eigenvalue weighted by Crippen LogP contribution is 2.33. The van der Waals surface area contributed by atoms with Crippen LogP contribution in [-0.4, -0.2) is 16.9 Å². The predicted octanol–water partition coefficient (Wildman–Crippen LogP) is 4.36. The molecule has 0 fully saturated rings. The first kappa shape index (κ1) is 21.7. The minimum atomic E-state index is -0.515. The molecule has 2 aromatic carbocycles. The van der Waals surface area contributed by atoms with Crippen molar-refractivity contribution in [3.63, 3.8) is 0 Å². The molecule has 0 bridgehead atoms. The zero-order valence-electron chi connectivity index (χ0n) is 16.8. The largest absolute Gasteiger partial charge is 0.365 e. The molecule has 0 saturated heterocycles. The summed E-state index contributed by atoms with van der Waals surface area (Å²) in [6.07, 6.45) is 0.686. The van der Waals surface area contributed by atoms with Crippen LogP contribution in [0.5, 0.6) is 0 Å². The summed E-state index contributed by atoms with van der Waals surface area (Å²) in [6, 6.07) is 19.1. The van der Waals surface area contributed by atoms with Gasteiger partial charge in [0.2, 0.25) is 5.91 Å². The molecular weight excluding hydrogens is 414 g/mol. The van der Waals surface area contributed by atoms with Crippen LogP contribution in [0.15, 0.2) is 60.7 Å². The van der Waals surface area contributed by atoms with Gasteiger partial charge >= 0.3 is 0 Å². The Morgan fingerprint density at radius 3 is 2.03 bits per heavy atom. The fourth-order valence-electron chi connectivity index (χ4n) is 3.46. The maximum Gasteiger partial charge on any atom is 0.251 e. The van der Waals surface area contributed by atoms with Gasteiger partial charge in [-0.15, -0.1) is 11.3 Å². The van der Waals surface area contributed by atoms with E-state index in [1.165, 1.54) is 11.3 Å². The smallest absolute Gasteiger partial charge is 0.251 e. The Hall–Kier alpha value is -3.03. The SMILES string of the molecule is CCc1c(C)sc(NC(=S)NC(=O)C(c2ccccc2)c2ccccc2)c1C(N)=O. The highest BCUT2D eigenvalue weighted by Gasteiger charge is 2.25. The normalized spacial score (nSPS) is 10.6. The molecule has 0 spiro atoms. The van der Waals surface area contributed by atoms with Gasteiger partial charge in [0.05, 0.1) is 11.5 Å². The standard InChI is InChI=1S/C23H23N3O2S2/c1-3-17-14(2)30-22(19(17)20(24)27)26-23(29)25-21(28)18(15-10-6-4-7-11-15)16-12-8-5-9-13-16/h4-13,18H,3H2,1-2H3,(H2,24,27)(H2,25,26,28,29). The number of thiophene rings is 1. The number of benzene rings is 2. The van der Waals surface area contributed by atoms with Gasteiger partial charge < -0.3 is 16.4 Å². The molecule has 1 heterocycles. The molecule has 0 aliphatic heterocycles. The van der Waals surface area contributed by atoms with Crippen molar-refractivity contribution >= 4 is 45.5 Å². The van der Waals surface area contributed by atoms with Gasteiger partial charge in [-0.1, -0.05) is 67.6 Å². The number of primary amides is 1. The zero-order valence-corrected chi connectivity index (χ0v) is 18.4. The number of rotatable bonds is 6. The van der Waals surface area contributed by atoms with Gasteiger partial charge in [-0.3, -0.25) is 9.59 Å². The van der Waals surface area contributed by atoms with Gasteiger partial charge in [0.15, 0.2) is 5.11 Å². The van der Waals surface area contributed by atoms with E-state index in [4.69, 9.17) is 18.0 Å². The lowest BCUT2D eigenvalue weighted by molar-refractivity contribution is -0.120. The number of aryl methyl sites for hydroxylation is 1. The second-order valence-electron chi connectivity index (χ2n) is 6.76. The van der Waals surface area contributed by atoms with Gasteiger partial charge in [0.1, 0.15) is 5.00 Å². The van der Waals surface area contributed by atoms with Crippen molar-refractivity contribution in [2.75, 3.05) is 5.32 Å². The molecule has 5 nitrogen and oxygen atoms in total. The zero-order chi connectivity index (χ0) is 21.7. The van der Waals surface area contributed by atoms with Crippen LogP contribution < -0.4 is 16.4 Å². The summed E-state index contributed by atoms with van der Waals surface area (Å²) < 4.78 is 0. The van der Waals surface area contributed by atoms with Crippen LogP contribution in [0.1, 0.15) is 44.8 Å². The van der Waals surface area contributed by atoms with Crippen LogP contribution in [0, 0.1) is 6.92 Å². The highest BCUT2D eigenvalue weighted by atomic mass is 32.1. The Bertz CT molecular complexity index is 1020. The van der Waals surface area contributed by atoms with E-state index in [1.807, 2.05) is 74.5 Å². The Labute approximate surface area is 185 Å². The van der Waals surface area contributed by atoms with Crippen LogP contribution in [0.2, 0.25) is 0 Å². The fraction of sp³-hybridized carbons (Fsp3) is 0.174. The maximum absolute atomic E-state index is 13.2. The number of hydrogen-bond donors (Lipinski definition) is 3. The average Bonchev–Trinajstić information content (AvgIpc) is 3.04. The number of carbonyl (C=O) groups excluding carboxylic acids is 2. The van der Waals surface area contributed by atoms with E-state index < -0.39 is 11.8 Å². The van der Waals surface area contributed by atoms with Crippen molar-refractivity contribution in [2.24, 2.45) is 5.73 Å². The van der Waals surface area contributed by atoms with Crippen molar-refractivity contribution < 1.29 is 9.59 Å². The molecule has 30 heavy (non-hydrogen) atoms. The Morgan fingerprint density at radius 2 is 1.57 bits per heavy atom.